The number of halogens is 3. The number of aliphatic hydroxyl groups excluding tert-OH is 1. The van der Waals surface area contributed by atoms with Crippen molar-refractivity contribution in [2.75, 3.05) is 82.4 Å². The van der Waals surface area contributed by atoms with E-state index in [9.17, 15) is 37.5 Å². The summed E-state index contributed by atoms with van der Waals surface area (Å²) in [4.78, 5) is 78.1. The van der Waals surface area contributed by atoms with Crippen LogP contribution >= 0.6 is 11.3 Å². The van der Waals surface area contributed by atoms with Crippen LogP contribution in [0.5, 0.6) is 5.88 Å². The largest absolute Gasteiger partial charge is 0.475 e. The van der Waals surface area contributed by atoms with Gasteiger partial charge in [-0.15, -0.1) is 11.3 Å². The molecular formula is C57H69F3N10O7S. The van der Waals surface area contributed by atoms with Gasteiger partial charge in [0.1, 0.15) is 24.4 Å². The van der Waals surface area contributed by atoms with Gasteiger partial charge in [0.2, 0.25) is 23.6 Å². The zero-order valence-corrected chi connectivity index (χ0v) is 45.8. The third-order valence-electron chi connectivity index (χ3n) is 15.4. The van der Waals surface area contributed by atoms with Crippen LogP contribution in [-0.4, -0.2) is 155 Å². The van der Waals surface area contributed by atoms with E-state index in [1.807, 2.05) is 77.4 Å². The molecule has 3 aromatic heterocycles. The minimum Gasteiger partial charge on any atom is -0.475 e. The maximum Gasteiger partial charge on any atom is 0.416 e. The number of hydrogen-bond acceptors (Lipinski definition) is 14. The number of pyridine rings is 2. The number of alkyl halides is 3. The molecule has 4 aliphatic rings. The number of carbonyl (C=O) groups excluding carboxylic acids is 4. The highest BCUT2D eigenvalue weighted by Crippen LogP contribution is 2.37. The Kier molecular flexibility index (Phi) is 17.2. The summed E-state index contributed by atoms with van der Waals surface area (Å²) in [6.07, 6.45) is -0.843. The van der Waals surface area contributed by atoms with E-state index in [2.05, 4.69) is 40.6 Å². The number of nitrogens with zero attached hydrogens (tertiary/aromatic N) is 7. The number of aryl methyl sites for hydroxylation is 2. The van der Waals surface area contributed by atoms with Gasteiger partial charge >= 0.3 is 6.18 Å². The Morgan fingerprint density at radius 3 is 2.26 bits per heavy atom. The highest BCUT2D eigenvalue weighted by atomic mass is 32.1. The number of aromatic nitrogens is 3. The molecule has 4 fully saturated rings. The molecule has 0 bridgehead atoms. The van der Waals surface area contributed by atoms with Crippen molar-refractivity contribution >= 4 is 46.3 Å². The van der Waals surface area contributed by atoms with Crippen molar-refractivity contribution < 1.29 is 46.9 Å². The number of piperazine rings is 1. The van der Waals surface area contributed by atoms with E-state index < -0.39 is 41.2 Å². The molecule has 9 rings (SSSR count). The lowest BCUT2D eigenvalue weighted by atomic mass is 9.77. The number of rotatable bonds is 16. The summed E-state index contributed by atoms with van der Waals surface area (Å²) in [5.41, 5.74) is 6.20. The van der Waals surface area contributed by atoms with E-state index in [-0.39, 0.29) is 54.3 Å². The van der Waals surface area contributed by atoms with E-state index in [1.165, 1.54) is 23.2 Å². The van der Waals surface area contributed by atoms with Crippen LogP contribution in [0.4, 0.5) is 24.5 Å². The number of ether oxygens (including phenoxy) is 2. The van der Waals surface area contributed by atoms with Gasteiger partial charge in [-0.2, -0.15) is 13.2 Å². The van der Waals surface area contributed by atoms with Gasteiger partial charge in [-0.05, 0) is 80.5 Å². The summed E-state index contributed by atoms with van der Waals surface area (Å²) in [6, 6.07) is 14.0. The topological polar surface area (TPSA) is 195 Å². The van der Waals surface area contributed by atoms with Crippen molar-refractivity contribution in [3.05, 3.63) is 107 Å². The molecule has 21 heteroatoms. The van der Waals surface area contributed by atoms with Crippen LogP contribution in [0.3, 0.4) is 0 Å². The predicted molar refractivity (Wildman–Crippen MR) is 291 cm³/mol. The first-order valence-electron chi connectivity index (χ1n) is 26.7. The van der Waals surface area contributed by atoms with E-state index in [4.69, 9.17) is 14.5 Å². The molecule has 78 heavy (non-hydrogen) atoms. The summed E-state index contributed by atoms with van der Waals surface area (Å²) in [5, 5.41) is 19.6. The Morgan fingerprint density at radius 1 is 0.846 bits per heavy atom. The maximum atomic E-state index is 14.4. The first-order valence-corrected chi connectivity index (χ1v) is 27.6. The average Bonchev–Trinajstić information content (AvgIpc) is 4.10. The van der Waals surface area contributed by atoms with Crippen LogP contribution in [0.1, 0.15) is 85.9 Å². The SMILES string of the molecule is Cc1ncc(NC(=O)c2cccc(C(F)(F)F)c2)cc1-c1cnc(OCCN2CCN(C3CC(C(=O)N[C@@H](C(=O)N4C[C@H](O)C[C@H]4C(=O)N[C@@H](C)c4ccc(-c5scnc5C)cc4)C(C)(C)C)C3)CC2)c(N2CCOCC2)c1. The summed E-state index contributed by atoms with van der Waals surface area (Å²) in [5.74, 6) is -1.39. The van der Waals surface area contributed by atoms with Crippen LogP contribution < -0.4 is 25.6 Å². The van der Waals surface area contributed by atoms with Crippen LogP contribution in [0.2, 0.25) is 0 Å². The van der Waals surface area contributed by atoms with Crippen LogP contribution in [0.15, 0.2) is 78.6 Å². The minimum atomic E-state index is -4.59. The van der Waals surface area contributed by atoms with E-state index in [0.29, 0.717) is 75.1 Å². The summed E-state index contributed by atoms with van der Waals surface area (Å²) in [7, 11) is 0. The fraction of sp³-hybridized carbons (Fsp3) is 0.491. The Bertz CT molecular complexity index is 2950. The van der Waals surface area contributed by atoms with Crippen LogP contribution in [0, 0.1) is 25.2 Å². The molecule has 3 aliphatic heterocycles. The molecule has 0 spiro atoms. The lowest BCUT2D eigenvalue weighted by Gasteiger charge is -2.46. The normalized spacial score (nSPS) is 21.1. The summed E-state index contributed by atoms with van der Waals surface area (Å²) >= 11 is 1.57. The number of β-amino-alcohol motifs (C(OH)–C–C–N with tert-alkyl or cyclic N) is 1. The van der Waals surface area contributed by atoms with Gasteiger partial charge in [-0.3, -0.25) is 34.0 Å². The first-order chi connectivity index (χ1) is 37.2. The number of aliphatic hydroxyl groups is 1. The summed E-state index contributed by atoms with van der Waals surface area (Å²) < 4.78 is 52.1. The van der Waals surface area contributed by atoms with Crippen molar-refractivity contribution in [1.29, 1.82) is 0 Å². The Labute approximate surface area is 456 Å². The van der Waals surface area contributed by atoms with Gasteiger partial charge in [0.15, 0.2) is 0 Å². The fourth-order valence-electron chi connectivity index (χ4n) is 10.7. The molecular weight excluding hydrogens is 1030 g/mol. The van der Waals surface area contributed by atoms with Gasteiger partial charge in [0.05, 0.1) is 58.9 Å². The van der Waals surface area contributed by atoms with Crippen LogP contribution in [-0.2, 0) is 25.3 Å². The lowest BCUT2D eigenvalue weighted by Crippen LogP contribution is -2.60. The second-order valence-electron chi connectivity index (χ2n) is 21.9. The molecule has 3 saturated heterocycles. The van der Waals surface area contributed by atoms with Crippen molar-refractivity contribution in [3.8, 4) is 27.4 Å². The molecule has 0 unspecified atom stereocenters. The molecule has 5 aromatic rings. The van der Waals surface area contributed by atoms with Crippen LogP contribution in [0.25, 0.3) is 21.6 Å². The number of morpholine rings is 1. The minimum absolute atomic E-state index is 0.0000923. The lowest BCUT2D eigenvalue weighted by molar-refractivity contribution is -0.145. The van der Waals surface area contributed by atoms with Crippen molar-refractivity contribution in [2.24, 2.45) is 11.3 Å². The third-order valence-corrected chi connectivity index (χ3v) is 16.4. The zero-order chi connectivity index (χ0) is 55.5. The quantitative estimate of drug-likeness (QED) is 0.0780. The smallest absolute Gasteiger partial charge is 0.416 e. The summed E-state index contributed by atoms with van der Waals surface area (Å²) in [6.45, 7) is 18.1. The molecule has 1 aliphatic carbocycles. The molecule has 1 saturated carbocycles. The molecule has 4 amide bonds. The average molecular weight is 1100 g/mol. The highest BCUT2D eigenvalue weighted by molar-refractivity contribution is 7.13. The van der Waals surface area contributed by atoms with Gasteiger partial charge in [0.25, 0.3) is 5.91 Å². The highest BCUT2D eigenvalue weighted by Gasteiger charge is 2.47. The number of thiazole rings is 1. The second-order valence-corrected chi connectivity index (χ2v) is 22.8. The Morgan fingerprint density at radius 2 is 1.58 bits per heavy atom. The second kappa shape index (κ2) is 23.8. The third kappa shape index (κ3) is 13.1. The number of hydrogen-bond donors (Lipinski definition) is 4. The van der Waals surface area contributed by atoms with E-state index in [1.54, 1.807) is 23.6 Å². The van der Waals surface area contributed by atoms with E-state index in [0.717, 1.165) is 71.3 Å². The maximum absolute atomic E-state index is 14.4. The Balaban J connectivity index is 0.749. The molecule has 4 N–H and O–H groups in total. The van der Waals surface area contributed by atoms with Gasteiger partial charge in [-0.1, -0.05) is 51.1 Å². The van der Waals surface area contributed by atoms with Gasteiger partial charge in [0, 0.05) is 99.3 Å². The first kappa shape index (κ1) is 56.2. The Hall–Kier alpha value is -6.52. The molecule has 17 nitrogen and oxygen atoms in total. The molecule has 2 aromatic carbocycles. The van der Waals surface area contributed by atoms with Crippen molar-refractivity contribution in [2.45, 2.75) is 97.3 Å². The number of benzene rings is 2. The molecule has 0 radical (unpaired) electrons. The molecule has 416 valence electrons. The predicted octanol–water partition coefficient (Wildman–Crippen LogP) is 7.14. The monoisotopic (exact) mass is 1090 g/mol. The molecule has 6 heterocycles. The number of amides is 4. The van der Waals surface area contributed by atoms with Gasteiger partial charge in [-0.25, -0.2) is 9.97 Å². The number of nitrogens with one attached hydrogen (secondary N) is 3. The fourth-order valence-corrected chi connectivity index (χ4v) is 11.5. The standard InChI is InChI=1S/C57H69F3N10O7S/c1-34(37-10-12-38(13-11-37)49-36(3)63-33-78-49)64-53(74)47-29-45(71)32-70(47)55(75)50(56(4,5)6)66-52(73)40-25-44(26-40)68-16-14-67(15-17-68)18-23-77-54-48(69-19-21-76-22-20-69)27-41(30-62-54)46-28-43(31-61-35(46)2)65-51(72)39-8-7-9-42(24-39)57(58,59)60/h7-13,24,27-28,30-31,33-34,40,44-45,47,50,71H,14-23,25-26,29,32H2,1-6H3,(H,64,74)(H,65,72)(H,66,73)/t34-,40?,44?,45+,47-,50-/m0/s1. The van der Waals surface area contributed by atoms with Crippen molar-refractivity contribution in [3.63, 3.8) is 0 Å². The molecule has 4 atom stereocenters. The number of anilines is 2. The van der Waals surface area contributed by atoms with Crippen molar-refractivity contribution in [1.82, 2.24) is 40.3 Å². The number of likely N-dealkylation sites (tertiary alicyclic amines) is 1. The van der Waals surface area contributed by atoms with Gasteiger partial charge < -0.3 is 40.3 Å². The zero-order valence-electron chi connectivity index (χ0n) is 44.9. The van der Waals surface area contributed by atoms with E-state index >= 15 is 0 Å². The number of carbonyl (C=O) groups is 4.